The Bertz CT molecular complexity index is 2360. The molecule has 0 aliphatic heterocycles. The van der Waals surface area contributed by atoms with E-state index in [0.29, 0.717) is 23.3 Å². The standard InChI is InChI=1S/C43H31N5/c1-28-26-29(2)45-40(44-28)34-21-23-37(24-22-34)43-47-41(35-17-12-32(13-18-35)30-8-4-3-5-9-30)46-42(48-43)36-19-14-33(15-20-36)39-25-16-31-10-6-7-11-38(31)27-39/h3-27H,1-2H3. The molecular weight excluding hydrogens is 587 g/mol. The molecule has 0 aliphatic carbocycles. The Morgan fingerprint density at radius 3 is 1.12 bits per heavy atom. The van der Waals surface area contributed by atoms with Crippen molar-refractivity contribution in [3.05, 3.63) is 163 Å². The number of fused-ring (bicyclic) bond motifs is 1. The third kappa shape index (κ3) is 5.97. The first-order valence-corrected chi connectivity index (χ1v) is 16.0. The fourth-order valence-corrected chi connectivity index (χ4v) is 6.01. The number of hydrogen-bond acceptors (Lipinski definition) is 5. The second-order valence-corrected chi connectivity index (χ2v) is 11.9. The van der Waals surface area contributed by atoms with Gasteiger partial charge in [0.2, 0.25) is 0 Å². The summed E-state index contributed by atoms with van der Waals surface area (Å²) in [5.41, 5.74) is 10.2. The van der Waals surface area contributed by atoms with Gasteiger partial charge in [-0.1, -0.05) is 140 Å². The fourth-order valence-electron chi connectivity index (χ4n) is 6.01. The van der Waals surface area contributed by atoms with E-state index >= 15 is 0 Å². The third-order valence-electron chi connectivity index (χ3n) is 8.50. The molecule has 8 aromatic rings. The van der Waals surface area contributed by atoms with Crippen LogP contribution in [0.5, 0.6) is 0 Å². The maximum atomic E-state index is 4.99. The zero-order chi connectivity index (χ0) is 32.5. The third-order valence-corrected chi connectivity index (χ3v) is 8.50. The number of aryl methyl sites for hydroxylation is 2. The molecule has 2 aromatic heterocycles. The van der Waals surface area contributed by atoms with Gasteiger partial charge >= 0.3 is 0 Å². The van der Waals surface area contributed by atoms with Crippen LogP contribution in [0.3, 0.4) is 0 Å². The van der Waals surface area contributed by atoms with Crippen molar-refractivity contribution in [2.24, 2.45) is 0 Å². The summed E-state index contributed by atoms with van der Waals surface area (Å²) in [4.78, 5) is 24.2. The minimum absolute atomic E-state index is 0.605. The van der Waals surface area contributed by atoms with Gasteiger partial charge < -0.3 is 0 Å². The Morgan fingerprint density at radius 2 is 0.625 bits per heavy atom. The summed E-state index contributed by atoms with van der Waals surface area (Å²) in [6.45, 7) is 3.97. The van der Waals surface area contributed by atoms with Gasteiger partial charge in [0.05, 0.1) is 0 Å². The molecule has 0 fully saturated rings. The predicted molar refractivity (Wildman–Crippen MR) is 195 cm³/mol. The molecular formula is C43H31N5. The summed E-state index contributed by atoms with van der Waals surface area (Å²) in [6.07, 6.45) is 0. The summed E-state index contributed by atoms with van der Waals surface area (Å²) in [5, 5.41) is 2.45. The molecule has 0 amide bonds. The molecule has 0 radical (unpaired) electrons. The van der Waals surface area contributed by atoms with Crippen LogP contribution in [0.25, 0.3) is 78.6 Å². The van der Waals surface area contributed by atoms with Gasteiger partial charge in [-0.15, -0.1) is 0 Å². The van der Waals surface area contributed by atoms with Crippen LogP contribution in [0.1, 0.15) is 11.4 Å². The van der Waals surface area contributed by atoms with Crippen LogP contribution in [0.4, 0.5) is 0 Å². The topological polar surface area (TPSA) is 64.5 Å². The lowest BCUT2D eigenvalue weighted by molar-refractivity contribution is 1.06. The number of aromatic nitrogens is 5. The molecule has 0 atom stereocenters. The van der Waals surface area contributed by atoms with E-state index in [-0.39, 0.29) is 0 Å². The molecule has 0 bridgehead atoms. The van der Waals surface area contributed by atoms with E-state index in [4.69, 9.17) is 15.0 Å². The molecule has 228 valence electrons. The Morgan fingerprint density at radius 1 is 0.271 bits per heavy atom. The van der Waals surface area contributed by atoms with E-state index in [0.717, 1.165) is 44.8 Å². The summed E-state index contributed by atoms with van der Waals surface area (Å²) in [7, 11) is 0. The number of rotatable bonds is 6. The van der Waals surface area contributed by atoms with Crippen molar-refractivity contribution in [3.8, 4) is 67.8 Å². The minimum Gasteiger partial charge on any atom is -0.233 e. The average molecular weight is 618 g/mol. The number of benzene rings is 6. The summed E-state index contributed by atoms with van der Waals surface area (Å²) >= 11 is 0. The molecule has 0 spiro atoms. The Hall–Kier alpha value is -6.33. The van der Waals surface area contributed by atoms with Gasteiger partial charge in [0, 0.05) is 33.6 Å². The molecule has 2 heterocycles. The van der Waals surface area contributed by atoms with E-state index in [1.807, 2.05) is 50.2 Å². The minimum atomic E-state index is 0.605. The molecule has 48 heavy (non-hydrogen) atoms. The lowest BCUT2D eigenvalue weighted by Gasteiger charge is -2.10. The van der Waals surface area contributed by atoms with Crippen molar-refractivity contribution in [1.82, 2.24) is 24.9 Å². The van der Waals surface area contributed by atoms with Crippen molar-refractivity contribution in [1.29, 1.82) is 0 Å². The van der Waals surface area contributed by atoms with Gasteiger partial charge in [-0.3, -0.25) is 0 Å². The molecule has 8 rings (SSSR count). The highest BCUT2D eigenvalue weighted by atomic mass is 15.0. The molecule has 0 saturated carbocycles. The monoisotopic (exact) mass is 617 g/mol. The van der Waals surface area contributed by atoms with Crippen LogP contribution in [-0.4, -0.2) is 24.9 Å². The normalized spacial score (nSPS) is 11.1. The van der Waals surface area contributed by atoms with Gasteiger partial charge in [0.1, 0.15) is 0 Å². The van der Waals surface area contributed by atoms with E-state index in [1.54, 1.807) is 0 Å². The first-order chi connectivity index (χ1) is 23.6. The predicted octanol–water partition coefficient (Wildman–Crippen LogP) is 10.4. The molecule has 0 unspecified atom stereocenters. The Labute approximate surface area is 279 Å². The largest absolute Gasteiger partial charge is 0.233 e. The van der Waals surface area contributed by atoms with E-state index in [1.165, 1.54) is 21.9 Å². The second-order valence-electron chi connectivity index (χ2n) is 11.9. The molecule has 0 N–H and O–H groups in total. The maximum absolute atomic E-state index is 4.99. The van der Waals surface area contributed by atoms with Crippen LogP contribution in [0.15, 0.2) is 152 Å². The van der Waals surface area contributed by atoms with Crippen molar-refractivity contribution in [3.63, 3.8) is 0 Å². The summed E-state index contributed by atoms with van der Waals surface area (Å²) < 4.78 is 0. The molecule has 5 nitrogen and oxygen atoms in total. The molecule has 6 aromatic carbocycles. The zero-order valence-electron chi connectivity index (χ0n) is 26.7. The molecule has 5 heteroatoms. The summed E-state index contributed by atoms with van der Waals surface area (Å²) in [5.74, 6) is 2.55. The van der Waals surface area contributed by atoms with Crippen LogP contribution >= 0.6 is 0 Å². The summed E-state index contributed by atoms with van der Waals surface area (Å²) in [6, 6.07) is 52.3. The van der Waals surface area contributed by atoms with Crippen molar-refractivity contribution < 1.29 is 0 Å². The quantitative estimate of drug-likeness (QED) is 0.186. The van der Waals surface area contributed by atoms with Gasteiger partial charge in [-0.2, -0.15) is 0 Å². The lowest BCUT2D eigenvalue weighted by atomic mass is 10.00. The van der Waals surface area contributed by atoms with Crippen LogP contribution in [-0.2, 0) is 0 Å². The second kappa shape index (κ2) is 12.5. The first-order valence-electron chi connectivity index (χ1n) is 16.0. The zero-order valence-corrected chi connectivity index (χ0v) is 26.7. The highest BCUT2D eigenvalue weighted by molar-refractivity contribution is 5.87. The first kappa shape index (κ1) is 29.1. The number of nitrogens with zero attached hydrogens (tertiary/aromatic N) is 5. The van der Waals surface area contributed by atoms with Crippen LogP contribution in [0.2, 0.25) is 0 Å². The number of hydrogen-bond donors (Lipinski definition) is 0. The van der Waals surface area contributed by atoms with Crippen molar-refractivity contribution in [2.45, 2.75) is 13.8 Å². The average Bonchev–Trinajstić information content (AvgIpc) is 3.14. The fraction of sp³-hybridized carbons (Fsp3) is 0.0465. The highest BCUT2D eigenvalue weighted by Gasteiger charge is 2.14. The van der Waals surface area contributed by atoms with Crippen molar-refractivity contribution in [2.75, 3.05) is 0 Å². The van der Waals surface area contributed by atoms with E-state index < -0.39 is 0 Å². The van der Waals surface area contributed by atoms with Gasteiger partial charge in [0.15, 0.2) is 23.3 Å². The van der Waals surface area contributed by atoms with E-state index in [2.05, 4.69) is 125 Å². The smallest absolute Gasteiger partial charge is 0.164 e. The maximum Gasteiger partial charge on any atom is 0.164 e. The van der Waals surface area contributed by atoms with Crippen molar-refractivity contribution >= 4 is 10.8 Å². The van der Waals surface area contributed by atoms with Crippen LogP contribution in [0, 0.1) is 13.8 Å². The van der Waals surface area contributed by atoms with Gasteiger partial charge in [-0.05, 0) is 59.0 Å². The van der Waals surface area contributed by atoms with Gasteiger partial charge in [0.25, 0.3) is 0 Å². The molecule has 0 aliphatic rings. The highest BCUT2D eigenvalue weighted by Crippen LogP contribution is 2.30. The SMILES string of the molecule is Cc1cc(C)nc(-c2ccc(-c3nc(-c4ccc(-c5ccccc5)cc4)nc(-c4ccc(-c5ccc6ccccc6c5)cc4)n3)cc2)n1. The van der Waals surface area contributed by atoms with E-state index in [9.17, 15) is 0 Å². The molecule has 0 saturated heterocycles. The van der Waals surface area contributed by atoms with Crippen LogP contribution < -0.4 is 0 Å². The Kier molecular flexibility index (Phi) is 7.55. The lowest BCUT2D eigenvalue weighted by Crippen LogP contribution is -2.00. The Balaban J connectivity index is 1.18. The van der Waals surface area contributed by atoms with Gasteiger partial charge in [-0.25, -0.2) is 24.9 Å².